The highest BCUT2D eigenvalue weighted by molar-refractivity contribution is 5.79. The van der Waals surface area contributed by atoms with Gasteiger partial charge in [0, 0.05) is 6.42 Å². The van der Waals surface area contributed by atoms with Crippen LogP contribution < -0.4 is 0 Å². The van der Waals surface area contributed by atoms with Gasteiger partial charge >= 0.3 is 17.9 Å². The van der Waals surface area contributed by atoms with Gasteiger partial charge in [0.05, 0.1) is 50.0 Å². The van der Waals surface area contributed by atoms with Gasteiger partial charge in [0.2, 0.25) is 0 Å². The van der Waals surface area contributed by atoms with Crippen molar-refractivity contribution in [3.63, 3.8) is 0 Å². The number of epoxide rings is 2. The molecular weight excluding hydrogens is 572 g/mol. The first-order valence-electron chi connectivity index (χ1n) is 18.8. The maximum Gasteiger partial charge on any atom is 0.307 e. The zero-order valence-electron chi connectivity index (χ0n) is 28.8. The molecule has 0 bridgehead atoms. The second kappa shape index (κ2) is 25.4. The summed E-state index contributed by atoms with van der Waals surface area (Å²) >= 11 is 0. The highest BCUT2D eigenvalue weighted by Crippen LogP contribution is 2.32. The number of carboxylic acids is 1. The lowest BCUT2D eigenvalue weighted by atomic mass is 10.00. The molecule has 0 aromatic rings. The number of carbonyl (C=O) groups excluding carboxylic acids is 2. The molecule has 2 rings (SSSR count). The van der Waals surface area contributed by atoms with Gasteiger partial charge in [0.25, 0.3) is 0 Å². The van der Waals surface area contributed by atoms with Gasteiger partial charge in [-0.15, -0.1) is 0 Å². The minimum Gasteiger partial charge on any atom is -0.481 e. The Kier molecular flexibility index (Phi) is 22.3. The Labute approximate surface area is 274 Å². The van der Waals surface area contributed by atoms with E-state index in [9.17, 15) is 19.5 Å². The van der Waals surface area contributed by atoms with E-state index in [1.165, 1.54) is 89.9 Å². The Hall–Kier alpha value is -1.67. The molecule has 5 atom stereocenters. The molecule has 0 saturated carbocycles. The Morgan fingerprint density at radius 3 is 1.36 bits per heavy atom. The van der Waals surface area contributed by atoms with Gasteiger partial charge in [0.15, 0.2) is 0 Å². The van der Waals surface area contributed by atoms with Crippen molar-refractivity contribution in [1.29, 1.82) is 0 Å². The van der Waals surface area contributed by atoms with Crippen LogP contribution in [0.1, 0.15) is 174 Å². The van der Waals surface area contributed by atoms with Gasteiger partial charge in [-0.3, -0.25) is 14.4 Å². The lowest BCUT2D eigenvalue weighted by molar-refractivity contribution is -0.153. The first-order valence-corrected chi connectivity index (χ1v) is 18.8. The van der Waals surface area contributed by atoms with E-state index in [0.717, 1.165) is 51.4 Å². The number of unbranched alkanes of at least 4 members (excludes halogenated alkanes) is 14. The number of hydrogen-bond donors (Lipinski definition) is 1. The van der Waals surface area contributed by atoms with E-state index in [4.69, 9.17) is 18.9 Å². The summed E-state index contributed by atoms with van der Waals surface area (Å²) in [6.45, 7) is 5.10. The highest BCUT2D eigenvalue weighted by Gasteiger charge is 2.37. The van der Waals surface area contributed by atoms with Gasteiger partial charge in [0.1, 0.15) is 0 Å². The molecule has 0 radical (unpaired) electrons. The molecule has 45 heavy (non-hydrogen) atoms. The molecule has 1 N–H and O–H groups in total. The second-order valence-corrected chi connectivity index (χ2v) is 13.5. The van der Waals surface area contributed by atoms with Crippen LogP contribution in [0.2, 0.25) is 0 Å². The molecule has 0 aliphatic carbocycles. The van der Waals surface area contributed by atoms with Crippen LogP contribution in [-0.4, -0.2) is 60.6 Å². The molecular formula is C37H66O8. The molecule has 8 heteroatoms. The molecule has 0 aromatic heterocycles. The van der Waals surface area contributed by atoms with Gasteiger partial charge < -0.3 is 24.1 Å². The fourth-order valence-corrected chi connectivity index (χ4v) is 6.18. The number of hydrogen-bond acceptors (Lipinski definition) is 7. The van der Waals surface area contributed by atoms with E-state index in [1.807, 2.05) is 0 Å². The summed E-state index contributed by atoms with van der Waals surface area (Å²) in [6.07, 6.45) is 27.4. The van der Waals surface area contributed by atoms with E-state index < -0.39 is 23.8 Å². The molecule has 0 aromatic carbocycles. The fourth-order valence-electron chi connectivity index (χ4n) is 6.18. The smallest absolute Gasteiger partial charge is 0.307 e. The zero-order chi connectivity index (χ0) is 32.5. The largest absolute Gasteiger partial charge is 0.481 e. The normalized spacial score (nSPS) is 20.9. The van der Waals surface area contributed by atoms with Crippen molar-refractivity contribution in [1.82, 2.24) is 0 Å². The first kappa shape index (κ1) is 39.5. The van der Waals surface area contributed by atoms with E-state index >= 15 is 0 Å². The molecule has 0 amide bonds. The molecule has 2 aliphatic rings. The molecule has 0 spiro atoms. The maximum atomic E-state index is 12.2. The predicted octanol–water partition coefficient (Wildman–Crippen LogP) is 9.10. The number of aliphatic carboxylic acids is 1. The summed E-state index contributed by atoms with van der Waals surface area (Å²) in [5.74, 6) is -2.98. The third-order valence-corrected chi connectivity index (χ3v) is 9.31. The Morgan fingerprint density at radius 1 is 0.556 bits per heavy atom. The number of ether oxygens (including phenoxy) is 4. The molecule has 2 aliphatic heterocycles. The maximum absolute atomic E-state index is 12.2. The van der Waals surface area contributed by atoms with Gasteiger partial charge in [-0.05, 0) is 57.8 Å². The van der Waals surface area contributed by atoms with Crippen molar-refractivity contribution in [2.75, 3.05) is 13.2 Å². The monoisotopic (exact) mass is 638 g/mol. The lowest BCUT2D eigenvalue weighted by Crippen LogP contribution is -2.21. The summed E-state index contributed by atoms with van der Waals surface area (Å²) in [4.78, 5) is 36.0. The van der Waals surface area contributed by atoms with Crippen LogP contribution in [0.15, 0.2) is 0 Å². The van der Waals surface area contributed by atoms with E-state index in [-0.39, 0.29) is 25.9 Å². The van der Waals surface area contributed by atoms with Crippen molar-refractivity contribution >= 4 is 17.9 Å². The molecule has 262 valence electrons. The molecule has 2 fully saturated rings. The molecule has 2 heterocycles. The van der Waals surface area contributed by atoms with Crippen LogP contribution in [0.5, 0.6) is 0 Å². The molecule has 8 nitrogen and oxygen atoms in total. The summed E-state index contributed by atoms with van der Waals surface area (Å²) in [5.41, 5.74) is 0. The van der Waals surface area contributed by atoms with Crippen LogP contribution in [0.3, 0.4) is 0 Å². The van der Waals surface area contributed by atoms with E-state index in [1.54, 1.807) is 0 Å². The highest BCUT2D eigenvalue weighted by atomic mass is 16.6. The molecule has 5 unspecified atom stereocenters. The van der Waals surface area contributed by atoms with Crippen molar-refractivity contribution in [2.45, 2.75) is 199 Å². The Bertz CT molecular complexity index is 786. The third kappa shape index (κ3) is 20.9. The topological polar surface area (TPSA) is 115 Å². The second-order valence-electron chi connectivity index (χ2n) is 13.5. The third-order valence-electron chi connectivity index (χ3n) is 9.31. The van der Waals surface area contributed by atoms with Gasteiger partial charge in [-0.2, -0.15) is 0 Å². The minimum atomic E-state index is -1.09. The zero-order valence-corrected chi connectivity index (χ0v) is 28.8. The van der Waals surface area contributed by atoms with Crippen molar-refractivity contribution in [3.8, 4) is 0 Å². The standard InChI is InChI=1S/C37H66O8/c1-3-5-7-9-11-13-15-21-31-33(44-31)23-17-19-27-42-35(38)26-25-30(37(40)41)29-36(39)43-28-20-18-24-34-32(45-34)22-16-14-12-10-8-6-4-2/h30-34H,3-29H2,1-2H3,(H,40,41). The quantitative estimate of drug-likeness (QED) is 0.0441. The van der Waals surface area contributed by atoms with Crippen LogP contribution in [-0.2, 0) is 33.3 Å². The fraction of sp³-hybridized carbons (Fsp3) is 0.919. The van der Waals surface area contributed by atoms with E-state index in [0.29, 0.717) is 31.0 Å². The summed E-state index contributed by atoms with van der Waals surface area (Å²) in [7, 11) is 0. The van der Waals surface area contributed by atoms with Crippen molar-refractivity contribution < 1.29 is 38.4 Å². The SMILES string of the molecule is CCCCCCCCCC1OC1CCCCOC(=O)CCC(CC(=O)OCCCCC1OC1CCCCCCCCC)C(=O)O. The van der Waals surface area contributed by atoms with Crippen molar-refractivity contribution in [2.24, 2.45) is 5.92 Å². The molecule has 2 saturated heterocycles. The predicted molar refractivity (Wildman–Crippen MR) is 177 cm³/mol. The Morgan fingerprint density at radius 2 is 0.933 bits per heavy atom. The van der Waals surface area contributed by atoms with Crippen LogP contribution in [0.4, 0.5) is 0 Å². The first-order chi connectivity index (χ1) is 21.9. The van der Waals surface area contributed by atoms with Crippen LogP contribution in [0.25, 0.3) is 0 Å². The van der Waals surface area contributed by atoms with Crippen LogP contribution in [0, 0.1) is 5.92 Å². The number of carbonyl (C=O) groups is 3. The number of carboxylic acid groups (broad SMARTS) is 1. The number of esters is 2. The summed E-state index contributed by atoms with van der Waals surface area (Å²) < 4.78 is 22.1. The average molecular weight is 639 g/mol. The van der Waals surface area contributed by atoms with Gasteiger partial charge in [-0.25, -0.2) is 0 Å². The van der Waals surface area contributed by atoms with Crippen LogP contribution >= 0.6 is 0 Å². The summed E-state index contributed by atoms with van der Waals surface area (Å²) in [5, 5.41) is 9.51. The van der Waals surface area contributed by atoms with Crippen molar-refractivity contribution in [3.05, 3.63) is 0 Å². The lowest BCUT2D eigenvalue weighted by Gasteiger charge is -2.12. The average Bonchev–Trinajstić information content (AvgIpc) is 3.95. The Balaban J connectivity index is 1.39. The van der Waals surface area contributed by atoms with Gasteiger partial charge in [-0.1, -0.05) is 104 Å². The van der Waals surface area contributed by atoms with E-state index in [2.05, 4.69) is 13.8 Å². The number of rotatable bonds is 32. The minimum absolute atomic E-state index is 0.0160. The summed E-state index contributed by atoms with van der Waals surface area (Å²) in [6, 6.07) is 0.